The molecule has 0 aliphatic carbocycles. The highest BCUT2D eigenvalue weighted by Gasteiger charge is 2.24. The minimum atomic E-state index is -0.509. The molecule has 1 saturated heterocycles. The molecule has 2 amide bonds. The second-order valence-electron chi connectivity index (χ2n) is 7.19. The first-order chi connectivity index (χ1) is 13.0. The zero-order valence-electron chi connectivity index (χ0n) is 15.8. The van der Waals surface area contributed by atoms with Crippen LogP contribution in [0.15, 0.2) is 48.5 Å². The molecule has 2 aromatic rings. The minimum Gasteiger partial charge on any atom is -0.337 e. The van der Waals surface area contributed by atoms with Gasteiger partial charge in [-0.25, -0.2) is 4.39 Å². The van der Waals surface area contributed by atoms with E-state index >= 15 is 0 Å². The fourth-order valence-corrected chi connectivity index (χ4v) is 3.32. The average Bonchev–Trinajstić information content (AvgIpc) is 2.93. The van der Waals surface area contributed by atoms with E-state index in [1.807, 2.05) is 24.3 Å². The first-order valence-corrected chi connectivity index (χ1v) is 9.40. The predicted molar refractivity (Wildman–Crippen MR) is 103 cm³/mol. The van der Waals surface area contributed by atoms with E-state index in [2.05, 4.69) is 13.8 Å². The van der Waals surface area contributed by atoms with Crippen LogP contribution >= 0.6 is 0 Å². The van der Waals surface area contributed by atoms with Crippen LogP contribution in [0.3, 0.4) is 0 Å². The van der Waals surface area contributed by atoms with Gasteiger partial charge in [-0.1, -0.05) is 38.1 Å². The lowest BCUT2D eigenvalue weighted by Crippen LogP contribution is -2.37. The van der Waals surface area contributed by atoms with Gasteiger partial charge >= 0.3 is 0 Å². The molecule has 1 aliphatic rings. The molecule has 0 spiro atoms. The van der Waals surface area contributed by atoms with Gasteiger partial charge in [-0.05, 0) is 42.2 Å². The molecule has 0 aromatic heterocycles. The van der Waals surface area contributed by atoms with Crippen molar-refractivity contribution in [2.45, 2.75) is 26.2 Å². The van der Waals surface area contributed by atoms with Gasteiger partial charge in [0, 0.05) is 31.7 Å². The SMILES string of the molecule is CC(C)c1ccc(C(=O)N2CCCN(C(=O)c3ccccc3F)CC2)cc1. The molecular formula is C22H25FN2O2. The van der Waals surface area contributed by atoms with Gasteiger partial charge in [0.25, 0.3) is 11.8 Å². The van der Waals surface area contributed by atoms with E-state index in [-0.39, 0.29) is 17.4 Å². The van der Waals surface area contributed by atoms with Crippen molar-refractivity contribution in [3.63, 3.8) is 0 Å². The van der Waals surface area contributed by atoms with Gasteiger partial charge < -0.3 is 9.80 Å². The second kappa shape index (κ2) is 8.33. The number of rotatable bonds is 3. The van der Waals surface area contributed by atoms with Gasteiger partial charge in [0.2, 0.25) is 0 Å². The molecule has 0 saturated carbocycles. The average molecular weight is 368 g/mol. The number of carbonyl (C=O) groups excluding carboxylic acids is 2. The number of nitrogens with zero attached hydrogens (tertiary/aromatic N) is 2. The summed E-state index contributed by atoms with van der Waals surface area (Å²) in [6, 6.07) is 13.7. The molecule has 27 heavy (non-hydrogen) atoms. The van der Waals surface area contributed by atoms with E-state index < -0.39 is 5.82 Å². The third kappa shape index (κ3) is 4.35. The summed E-state index contributed by atoms with van der Waals surface area (Å²) in [6.07, 6.45) is 0.677. The maximum Gasteiger partial charge on any atom is 0.256 e. The quantitative estimate of drug-likeness (QED) is 0.823. The Kier molecular flexibility index (Phi) is 5.89. The molecule has 0 N–H and O–H groups in total. The molecule has 5 heteroatoms. The number of hydrogen-bond donors (Lipinski definition) is 0. The summed E-state index contributed by atoms with van der Waals surface area (Å²) in [7, 11) is 0. The summed E-state index contributed by atoms with van der Waals surface area (Å²) in [6.45, 7) is 6.20. The molecule has 142 valence electrons. The lowest BCUT2D eigenvalue weighted by molar-refractivity contribution is 0.0716. The van der Waals surface area contributed by atoms with E-state index in [4.69, 9.17) is 0 Å². The highest BCUT2D eigenvalue weighted by molar-refractivity contribution is 5.95. The van der Waals surface area contributed by atoms with Gasteiger partial charge in [-0.3, -0.25) is 9.59 Å². The highest BCUT2D eigenvalue weighted by atomic mass is 19.1. The van der Waals surface area contributed by atoms with Crippen LogP contribution in [0.1, 0.15) is 52.5 Å². The van der Waals surface area contributed by atoms with Crippen molar-refractivity contribution < 1.29 is 14.0 Å². The first kappa shape index (κ1) is 19.1. The fourth-order valence-electron chi connectivity index (χ4n) is 3.32. The molecule has 3 rings (SSSR count). The van der Waals surface area contributed by atoms with Gasteiger partial charge in [0.1, 0.15) is 5.82 Å². The van der Waals surface area contributed by atoms with Crippen molar-refractivity contribution >= 4 is 11.8 Å². The van der Waals surface area contributed by atoms with E-state index in [0.717, 1.165) is 0 Å². The predicted octanol–water partition coefficient (Wildman–Crippen LogP) is 3.94. The van der Waals surface area contributed by atoms with Gasteiger partial charge in [-0.2, -0.15) is 0 Å². The first-order valence-electron chi connectivity index (χ1n) is 9.40. The molecule has 1 fully saturated rings. The summed E-state index contributed by atoms with van der Waals surface area (Å²) in [5.74, 6) is -0.426. The smallest absolute Gasteiger partial charge is 0.256 e. The highest BCUT2D eigenvalue weighted by Crippen LogP contribution is 2.17. The summed E-state index contributed by atoms with van der Waals surface area (Å²) in [5, 5.41) is 0. The van der Waals surface area contributed by atoms with Crippen LogP contribution in [0.2, 0.25) is 0 Å². The van der Waals surface area contributed by atoms with E-state index in [1.54, 1.807) is 21.9 Å². The molecule has 4 nitrogen and oxygen atoms in total. The lowest BCUT2D eigenvalue weighted by atomic mass is 10.0. The molecule has 0 unspecified atom stereocenters. The standard InChI is InChI=1S/C22H25FN2O2/c1-16(2)17-8-10-18(11-9-17)21(26)24-12-5-13-25(15-14-24)22(27)19-6-3-4-7-20(19)23/h3-4,6-11,16H,5,12-15H2,1-2H3. The second-order valence-corrected chi connectivity index (χ2v) is 7.19. The van der Waals surface area contributed by atoms with Crippen molar-refractivity contribution in [1.29, 1.82) is 0 Å². The lowest BCUT2D eigenvalue weighted by Gasteiger charge is -2.22. The van der Waals surface area contributed by atoms with Crippen molar-refractivity contribution in [3.05, 3.63) is 71.0 Å². The maximum absolute atomic E-state index is 13.9. The monoisotopic (exact) mass is 368 g/mol. The van der Waals surface area contributed by atoms with Crippen molar-refractivity contribution in [2.24, 2.45) is 0 Å². The Morgan fingerprint density at radius 3 is 2.04 bits per heavy atom. The summed E-state index contributed by atoms with van der Waals surface area (Å²) in [4.78, 5) is 28.8. The van der Waals surface area contributed by atoms with Gasteiger partial charge in [0.05, 0.1) is 5.56 Å². The Balaban J connectivity index is 1.66. The molecule has 1 aliphatic heterocycles. The van der Waals surface area contributed by atoms with Crippen LogP contribution in [0, 0.1) is 5.82 Å². The fraction of sp³-hybridized carbons (Fsp3) is 0.364. The Morgan fingerprint density at radius 2 is 1.44 bits per heavy atom. The van der Waals surface area contributed by atoms with Crippen molar-refractivity contribution in [2.75, 3.05) is 26.2 Å². The Morgan fingerprint density at radius 1 is 0.852 bits per heavy atom. The molecular weight excluding hydrogens is 343 g/mol. The van der Waals surface area contributed by atoms with E-state index in [9.17, 15) is 14.0 Å². The van der Waals surface area contributed by atoms with E-state index in [0.29, 0.717) is 44.1 Å². The summed E-state index contributed by atoms with van der Waals surface area (Å²) in [5.41, 5.74) is 1.94. The van der Waals surface area contributed by atoms with Crippen LogP contribution in [-0.4, -0.2) is 47.8 Å². The number of halogens is 1. The van der Waals surface area contributed by atoms with Crippen LogP contribution < -0.4 is 0 Å². The Labute approximate surface area is 159 Å². The van der Waals surface area contributed by atoms with Crippen molar-refractivity contribution in [1.82, 2.24) is 9.80 Å². The number of amides is 2. The van der Waals surface area contributed by atoms with Crippen molar-refractivity contribution in [3.8, 4) is 0 Å². The number of benzene rings is 2. The third-order valence-corrected chi connectivity index (χ3v) is 5.00. The van der Waals surface area contributed by atoms with Crippen LogP contribution in [-0.2, 0) is 0 Å². The topological polar surface area (TPSA) is 40.6 Å². The van der Waals surface area contributed by atoms with Gasteiger partial charge in [-0.15, -0.1) is 0 Å². The Hall–Kier alpha value is -2.69. The molecule has 0 radical (unpaired) electrons. The Bertz CT molecular complexity index is 817. The number of carbonyl (C=O) groups is 2. The zero-order chi connectivity index (χ0) is 19.4. The molecule has 0 bridgehead atoms. The molecule has 1 heterocycles. The zero-order valence-corrected chi connectivity index (χ0v) is 15.8. The summed E-state index contributed by atoms with van der Waals surface area (Å²) >= 11 is 0. The summed E-state index contributed by atoms with van der Waals surface area (Å²) < 4.78 is 13.9. The van der Waals surface area contributed by atoms with Crippen LogP contribution in [0.5, 0.6) is 0 Å². The van der Waals surface area contributed by atoms with E-state index in [1.165, 1.54) is 17.7 Å². The van der Waals surface area contributed by atoms with Gasteiger partial charge in [0.15, 0.2) is 0 Å². The number of hydrogen-bond acceptors (Lipinski definition) is 2. The molecule has 2 aromatic carbocycles. The largest absolute Gasteiger partial charge is 0.337 e. The molecule has 0 atom stereocenters. The third-order valence-electron chi connectivity index (χ3n) is 5.00. The van der Waals surface area contributed by atoms with Crippen LogP contribution in [0.25, 0.3) is 0 Å². The normalized spacial score (nSPS) is 15.0. The van der Waals surface area contributed by atoms with Crippen LogP contribution in [0.4, 0.5) is 4.39 Å². The maximum atomic E-state index is 13.9. The minimum absolute atomic E-state index is 0.0227.